The molecule has 2 atom stereocenters. The second kappa shape index (κ2) is 10.9. The fourth-order valence-corrected chi connectivity index (χ4v) is 12.0. The molecule has 0 aliphatic carbocycles. The Kier molecular flexibility index (Phi) is 7.42. The monoisotopic (exact) mass is 726 g/mol. The van der Waals surface area contributed by atoms with Crippen LogP contribution >= 0.6 is 23.1 Å². The number of fused-ring (bicyclic) bond motifs is 1. The van der Waals surface area contributed by atoms with Crippen LogP contribution in [0, 0.1) is 17.0 Å². The maximum Gasteiger partial charge on any atom is 0.417 e. The number of benzene rings is 2. The first-order valence-corrected chi connectivity index (χ1v) is 18.3. The molecule has 0 unspecified atom stereocenters. The minimum Gasteiger partial charge on any atom is -0.375 e. The van der Waals surface area contributed by atoms with Crippen LogP contribution in [0.1, 0.15) is 19.4 Å². The summed E-state index contributed by atoms with van der Waals surface area (Å²) >= 11 is 1.54. The average Bonchev–Trinajstić information content (AvgIpc) is 3.27. The zero-order valence-electron chi connectivity index (χ0n) is 25.4. The van der Waals surface area contributed by atoms with Crippen molar-refractivity contribution in [2.45, 2.75) is 43.5 Å². The van der Waals surface area contributed by atoms with Gasteiger partial charge < -0.3 is 15.5 Å². The number of nitrogen functional groups attached to an aromatic ring is 1. The highest BCUT2D eigenvalue weighted by atomic mass is 32.2. The zero-order valence-corrected chi connectivity index (χ0v) is 27.8. The van der Waals surface area contributed by atoms with Crippen LogP contribution in [0.2, 0.25) is 0 Å². The van der Waals surface area contributed by atoms with Crippen molar-refractivity contribution in [1.82, 2.24) is 19.4 Å². The van der Waals surface area contributed by atoms with Gasteiger partial charge >= 0.3 is 11.9 Å². The standard InChI is InChI=1S/C30H27F5N6O4S3/c1-4-19(42)41-13(2)7-39(8-14(41)3)26-15-5-16(30(33,34)35)20(21-17(31)6-18(32)24-22(21)37-27(36)47-24)25-23(15)40(28(43)38-26)9-29(10-46-25)11-48(44,45)12-29/h4-6,13-14H,1,7-12H2,2-3H3,(H2,36,37)/t13-,14+. The van der Waals surface area contributed by atoms with E-state index in [2.05, 4.69) is 16.5 Å². The van der Waals surface area contributed by atoms with Gasteiger partial charge in [-0.3, -0.25) is 9.36 Å². The number of hydrogen-bond acceptors (Lipinski definition) is 10. The Hall–Kier alpha value is -3.77. The molecule has 18 heteroatoms. The Morgan fingerprint density at radius 2 is 1.77 bits per heavy atom. The SMILES string of the molecule is C=CC(=O)N1[C@H](C)CN(c2nc(=O)n3c4c(c(-c5c(F)cc(F)c6sc(N)nc56)c(C(F)(F)F)cc24)SCC2(C3)CS(=O)(=O)C2)C[C@@H]1C. The van der Waals surface area contributed by atoms with E-state index in [-0.39, 0.29) is 74.2 Å². The second-order valence-electron chi connectivity index (χ2n) is 12.6. The van der Waals surface area contributed by atoms with E-state index in [9.17, 15) is 22.4 Å². The third-order valence-corrected chi connectivity index (χ3v) is 13.5. The number of piperazine rings is 1. The molecule has 2 N–H and O–H groups in total. The van der Waals surface area contributed by atoms with Gasteiger partial charge in [-0.2, -0.15) is 18.2 Å². The zero-order chi connectivity index (χ0) is 34.7. The van der Waals surface area contributed by atoms with Gasteiger partial charge in [-0.15, -0.1) is 11.8 Å². The molecule has 1 spiro atoms. The molecule has 10 nitrogen and oxygen atoms in total. The lowest BCUT2D eigenvalue weighted by molar-refractivity contribution is -0.137. The van der Waals surface area contributed by atoms with Crippen molar-refractivity contribution in [3.63, 3.8) is 0 Å². The molecular weight excluding hydrogens is 700 g/mol. The van der Waals surface area contributed by atoms with Crippen LogP contribution in [0.3, 0.4) is 0 Å². The fraction of sp³-hybridized carbons (Fsp3) is 0.400. The number of carbonyl (C=O) groups excluding carboxylic acids is 1. The van der Waals surface area contributed by atoms with E-state index < -0.39 is 73.0 Å². The van der Waals surface area contributed by atoms with Crippen LogP contribution < -0.4 is 16.3 Å². The lowest BCUT2D eigenvalue weighted by atomic mass is 9.93. The topological polar surface area (TPSA) is 131 Å². The van der Waals surface area contributed by atoms with Gasteiger partial charge in [0.2, 0.25) is 5.91 Å². The van der Waals surface area contributed by atoms with E-state index in [1.165, 1.54) is 10.6 Å². The van der Waals surface area contributed by atoms with Gasteiger partial charge in [0.05, 0.1) is 32.8 Å². The van der Waals surface area contributed by atoms with Gasteiger partial charge in [-0.1, -0.05) is 17.9 Å². The van der Waals surface area contributed by atoms with E-state index >= 15 is 17.6 Å². The van der Waals surface area contributed by atoms with Crippen LogP contribution in [0.4, 0.5) is 32.9 Å². The number of hydrogen-bond donors (Lipinski definition) is 1. The van der Waals surface area contributed by atoms with E-state index in [4.69, 9.17) is 5.73 Å². The number of amides is 1. The minimum absolute atomic E-state index is 0.00629. The Bertz CT molecular complexity index is 2230. The Morgan fingerprint density at radius 3 is 2.38 bits per heavy atom. The fourth-order valence-electron chi connectivity index (χ4n) is 7.37. The number of nitrogens with zero attached hydrogens (tertiary/aromatic N) is 5. The summed E-state index contributed by atoms with van der Waals surface area (Å²) in [5.41, 5.74) is 1.03. The van der Waals surface area contributed by atoms with Crippen LogP contribution in [0.25, 0.3) is 32.2 Å². The summed E-state index contributed by atoms with van der Waals surface area (Å²) in [6.07, 6.45) is -3.92. The molecule has 4 aromatic rings. The highest BCUT2D eigenvalue weighted by Gasteiger charge is 2.51. The molecule has 2 aromatic heterocycles. The summed E-state index contributed by atoms with van der Waals surface area (Å²) in [5.74, 6) is -3.36. The summed E-state index contributed by atoms with van der Waals surface area (Å²) in [7, 11) is -3.46. The van der Waals surface area contributed by atoms with Gasteiger partial charge in [-0.25, -0.2) is 27.0 Å². The molecule has 3 aliphatic rings. The summed E-state index contributed by atoms with van der Waals surface area (Å²) in [5, 5.41) is -0.255. The first-order valence-electron chi connectivity index (χ1n) is 14.7. The molecule has 7 rings (SSSR count). The number of anilines is 2. The van der Waals surface area contributed by atoms with E-state index in [0.29, 0.717) is 17.4 Å². The number of aromatic nitrogens is 3. The highest BCUT2D eigenvalue weighted by molar-refractivity contribution is 8.00. The lowest BCUT2D eigenvalue weighted by Crippen LogP contribution is -2.59. The quantitative estimate of drug-likeness (QED) is 0.236. The number of sulfone groups is 1. The Morgan fingerprint density at radius 1 is 1.10 bits per heavy atom. The number of thioether (sulfide) groups is 1. The molecule has 0 saturated carbocycles. The average molecular weight is 727 g/mol. The third-order valence-electron chi connectivity index (χ3n) is 9.06. The predicted octanol–water partition coefficient (Wildman–Crippen LogP) is 4.68. The van der Waals surface area contributed by atoms with Crippen molar-refractivity contribution in [1.29, 1.82) is 0 Å². The largest absolute Gasteiger partial charge is 0.417 e. The summed E-state index contributed by atoms with van der Waals surface area (Å²) in [6, 6.07) is 0.406. The molecule has 48 heavy (non-hydrogen) atoms. The van der Waals surface area contributed by atoms with Crippen molar-refractivity contribution < 1.29 is 35.2 Å². The van der Waals surface area contributed by atoms with Gasteiger partial charge in [-0.05, 0) is 26.0 Å². The lowest BCUT2D eigenvalue weighted by Gasteiger charge is -2.44. The molecule has 0 radical (unpaired) electrons. The number of nitrogens with two attached hydrogens (primary N) is 1. The van der Waals surface area contributed by atoms with Crippen molar-refractivity contribution in [3.05, 3.63) is 52.5 Å². The van der Waals surface area contributed by atoms with E-state index in [1.807, 2.05) is 0 Å². The summed E-state index contributed by atoms with van der Waals surface area (Å²) in [6.45, 7) is 7.14. The number of rotatable bonds is 3. The summed E-state index contributed by atoms with van der Waals surface area (Å²) in [4.78, 5) is 37.9. The van der Waals surface area contributed by atoms with Gasteiger partial charge in [0, 0.05) is 70.4 Å². The highest BCUT2D eigenvalue weighted by Crippen LogP contribution is 2.53. The molecule has 5 heterocycles. The maximum absolute atomic E-state index is 15.9. The van der Waals surface area contributed by atoms with Crippen molar-refractivity contribution in [3.8, 4) is 11.1 Å². The number of halogens is 5. The third kappa shape index (κ3) is 5.05. The number of carbonyl (C=O) groups is 1. The molecule has 2 aromatic carbocycles. The first kappa shape index (κ1) is 32.8. The molecule has 1 amide bonds. The van der Waals surface area contributed by atoms with Gasteiger partial charge in [0.1, 0.15) is 17.5 Å². The van der Waals surface area contributed by atoms with Crippen LogP contribution in [-0.4, -0.2) is 76.2 Å². The smallest absolute Gasteiger partial charge is 0.375 e. The molecule has 3 aliphatic heterocycles. The Labute approximate surface area is 278 Å². The van der Waals surface area contributed by atoms with Crippen LogP contribution in [0.15, 0.2) is 34.5 Å². The van der Waals surface area contributed by atoms with E-state index in [1.54, 1.807) is 23.6 Å². The maximum atomic E-state index is 15.9. The summed E-state index contributed by atoms with van der Waals surface area (Å²) < 4.78 is 102. The second-order valence-corrected chi connectivity index (χ2v) is 16.7. The normalized spacial score (nSPS) is 21.8. The van der Waals surface area contributed by atoms with Crippen molar-refractivity contribution >= 4 is 70.9 Å². The molecular formula is C30H27F5N6O4S3. The van der Waals surface area contributed by atoms with Crippen molar-refractivity contribution in [2.75, 3.05) is 41.0 Å². The number of alkyl halides is 3. The minimum atomic E-state index is -5.09. The predicted molar refractivity (Wildman–Crippen MR) is 174 cm³/mol. The van der Waals surface area contributed by atoms with Crippen LogP contribution in [0.5, 0.6) is 0 Å². The molecule has 0 bridgehead atoms. The van der Waals surface area contributed by atoms with Crippen molar-refractivity contribution in [2.24, 2.45) is 5.41 Å². The van der Waals surface area contributed by atoms with E-state index in [0.717, 1.165) is 17.8 Å². The van der Waals surface area contributed by atoms with Gasteiger partial charge in [0.15, 0.2) is 15.0 Å². The molecule has 254 valence electrons. The van der Waals surface area contributed by atoms with Crippen LogP contribution in [-0.2, 0) is 27.4 Å². The molecule has 2 fully saturated rings. The van der Waals surface area contributed by atoms with Gasteiger partial charge in [0.25, 0.3) is 0 Å². The Balaban J connectivity index is 1.56. The first-order chi connectivity index (χ1) is 22.4. The number of thiazole rings is 1. The molecule has 2 saturated heterocycles.